The topological polar surface area (TPSA) is 69.7 Å². The van der Waals surface area contributed by atoms with Crippen LogP contribution in [0.5, 0.6) is 0 Å². The molecule has 0 aliphatic carbocycles. The number of piperazine rings is 1. The highest BCUT2D eigenvalue weighted by molar-refractivity contribution is 5.79. The fourth-order valence-corrected chi connectivity index (χ4v) is 2.84. The van der Waals surface area contributed by atoms with Crippen LogP contribution in [0.2, 0.25) is 0 Å². The number of benzene rings is 1. The monoisotopic (exact) mass is 367 g/mol. The van der Waals surface area contributed by atoms with Crippen molar-refractivity contribution in [3.63, 3.8) is 0 Å². The molecule has 6 nitrogen and oxygen atoms in total. The lowest BCUT2D eigenvalue weighted by Gasteiger charge is -2.34. The van der Waals surface area contributed by atoms with Crippen LogP contribution in [0.3, 0.4) is 0 Å². The average Bonchev–Trinajstić information content (AvgIpc) is 2.61. The molecule has 8 heteroatoms. The second-order valence-electron chi connectivity index (χ2n) is 6.19. The molecule has 1 fully saturated rings. The number of nitrogens with one attached hydrogen (secondary N) is 1. The molecule has 1 aromatic carbocycles. The van der Waals surface area contributed by atoms with Gasteiger partial charge in [-0.15, -0.1) is 0 Å². The Morgan fingerprint density at radius 3 is 2.15 bits per heavy atom. The van der Waals surface area contributed by atoms with E-state index in [9.17, 15) is 23.2 Å². The molecule has 0 spiro atoms. The van der Waals surface area contributed by atoms with E-state index in [0.717, 1.165) is 12.1 Å². The van der Waals surface area contributed by atoms with Crippen LogP contribution in [0.1, 0.15) is 25.3 Å². The molecule has 0 radical (unpaired) electrons. The summed E-state index contributed by atoms with van der Waals surface area (Å²) in [5.74, 6) is -1.79. The standard InChI is InChI=1S/C18H23F2N3O3/c1-13(24)22-9-11-23(12-10-22)18(26)7-8-21-17(25)6-5-14-15(19)3-2-4-16(14)20/h2-4H,5-12H2,1H3,(H,21,25). The molecule has 0 aromatic heterocycles. The maximum atomic E-state index is 13.5. The third-order valence-corrected chi connectivity index (χ3v) is 4.40. The molecule has 0 saturated carbocycles. The molecule has 1 heterocycles. The molecule has 3 amide bonds. The number of hydrogen-bond acceptors (Lipinski definition) is 3. The predicted octanol–water partition coefficient (Wildman–Crippen LogP) is 1.09. The highest BCUT2D eigenvalue weighted by Gasteiger charge is 2.22. The molecule has 2 rings (SSSR count). The van der Waals surface area contributed by atoms with E-state index < -0.39 is 11.6 Å². The van der Waals surface area contributed by atoms with Gasteiger partial charge in [-0.1, -0.05) is 6.07 Å². The van der Waals surface area contributed by atoms with Crippen molar-refractivity contribution in [2.24, 2.45) is 0 Å². The number of nitrogens with zero attached hydrogens (tertiary/aromatic N) is 2. The van der Waals surface area contributed by atoms with Crippen molar-refractivity contribution in [2.45, 2.75) is 26.2 Å². The molecular formula is C18H23F2N3O3. The quantitative estimate of drug-likeness (QED) is 0.819. The van der Waals surface area contributed by atoms with Gasteiger partial charge in [0.1, 0.15) is 11.6 Å². The number of carbonyl (C=O) groups excluding carboxylic acids is 3. The summed E-state index contributed by atoms with van der Waals surface area (Å²) in [6, 6.07) is 3.58. The summed E-state index contributed by atoms with van der Waals surface area (Å²) in [5.41, 5.74) is -0.109. The van der Waals surface area contributed by atoms with Crippen LogP contribution < -0.4 is 5.32 Å². The number of carbonyl (C=O) groups is 3. The van der Waals surface area contributed by atoms with Gasteiger partial charge in [0.2, 0.25) is 17.7 Å². The Bertz CT molecular complexity index is 653. The summed E-state index contributed by atoms with van der Waals surface area (Å²) in [7, 11) is 0. The second-order valence-corrected chi connectivity index (χ2v) is 6.19. The van der Waals surface area contributed by atoms with Gasteiger partial charge in [0.25, 0.3) is 0 Å². The highest BCUT2D eigenvalue weighted by Crippen LogP contribution is 2.13. The smallest absolute Gasteiger partial charge is 0.224 e. The SMILES string of the molecule is CC(=O)N1CCN(C(=O)CCNC(=O)CCc2c(F)cccc2F)CC1. The maximum Gasteiger partial charge on any atom is 0.224 e. The molecule has 1 N–H and O–H groups in total. The fourth-order valence-electron chi connectivity index (χ4n) is 2.84. The number of amides is 3. The molecule has 1 aliphatic rings. The van der Waals surface area contributed by atoms with Crippen LogP contribution >= 0.6 is 0 Å². The zero-order valence-corrected chi connectivity index (χ0v) is 14.8. The van der Waals surface area contributed by atoms with Gasteiger partial charge in [-0.2, -0.15) is 0 Å². The van der Waals surface area contributed by atoms with Crippen molar-refractivity contribution >= 4 is 17.7 Å². The Kier molecular flexibility index (Phi) is 7.06. The molecule has 0 bridgehead atoms. The minimum Gasteiger partial charge on any atom is -0.356 e. The minimum atomic E-state index is -0.669. The molecule has 0 unspecified atom stereocenters. The first-order chi connectivity index (χ1) is 12.4. The van der Waals surface area contributed by atoms with E-state index in [1.807, 2.05) is 0 Å². The van der Waals surface area contributed by atoms with Gasteiger partial charge >= 0.3 is 0 Å². The summed E-state index contributed by atoms with van der Waals surface area (Å²) in [4.78, 5) is 38.5. The van der Waals surface area contributed by atoms with Crippen molar-refractivity contribution in [1.29, 1.82) is 0 Å². The Hall–Kier alpha value is -2.51. The Morgan fingerprint density at radius 2 is 1.58 bits per heavy atom. The Morgan fingerprint density at radius 1 is 1.00 bits per heavy atom. The van der Waals surface area contributed by atoms with E-state index in [-0.39, 0.29) is 49.1 Å². The molecule has 1 saturated heterocycles. The summed E-state index contributed by atoms with van der Waals surface area (Å²) in [6.07, 6.45) is 0.0640. The van der Waals surface area contributed by atoms with Gasteiger partial charge in [-0.25, -0.2) is 8.78 Å². The van der Waals surface area contributed by atoms with E-state index in [4.69, 9.17) is 0 Å². The molecule has 1 aliphatic heterocycles. The van der Waals surface area contributed by atoms with E-state index >= 15 is 0 Å². The second kappa shape index (κ2) is 9.26. The largest absolute Gasteiger partial charge is 0.356 e. The number of rotatable bonds is 6. The van der Waals surface area contributed by atoms with Crippen molar-refractivity contribution in [3.8, 4) is 0 Å². The molecular weight excluding hydrogens is 344 g/mol. The Balaban J connectivity index is 1.67. The minimum absolute atomic E-state index is 0.00403. The zero-order chi connectivity index (χ0) is 19.1. The Labute approximate surface area is 151 Å². The van der Waals surface area contributed by atoms with Gasteiger partial charge in [-0.3, -0.25) is 14.4 Å². The van der Waals surface area contributed by atoms with Gasteiger partial charge < -0.3 is 15.1 Å². The fraction of sp³-hybridized carbons (Fsp3) is 0.500. The third-order valence-electron chi connectivity index (χ3n) is 4.40. The van der Waals surface area contributed by atoms with E-state index in [2.05, 4.69) is 5.32 Å². The molecule has 1 aromatic rings. The number of halogens is 2. The summed E-state index contributed by atoms with van der Waals surface area (Å²) in [6.45, 7) is 3.67. The van der Waals surface area contributed by atoms with Crippen molar-refractivity contribution in [3.05, 3.63) is 35.4 Å². The van der Waals surface area contributed by atoms with Crippen LogP contribution in [-0.4, -0.2) is 60.2 Å². The van der Waals surface area contributed by atoms with Gasteiger partial charge in [0.05, 0.1) is 0 Å². The lowest BCUT2D eigenvalue weighted by Crippen LogP contribution is -2.50. The van der Waals surface area contributed by atoms with E-state index in [1.165, 1.54) is 13.0 Å². The van der Waals surface area contributed by atoms with Crippen LogP contribution in [0.25, 0.3) is 0 Å². The maximum absolute atomic E-state index is 13.5. The van der Waals surface area contributed by atoms with Crippen LogP contribution in [0.15, 0.2) is 18.2 Å². The third kappa shape index (κ3) is 5.50. The zero-order valence-electron chi connectivity index (χ0n) is 14.8. The van der Waals surface area contributed by atoms with Crippen LogP contribution in [0.4, 0.5) is 8.78 Å². The van der Waals surface area contributed by atoms with Gasteiger partial charge in [0.15, 0.2) is 0 Å². The normalized spacial score (nSPS) is 14.3. The first-order valence-corrected chi connectivity index (χ1v) is 8.61. The first-order valence-electron chi connectivity index (χ1n) is 8.61. The van der Waals surface area contributed by atoms with Crippen molar-refractivity contribution in [2.75, 3.05) is 32.7 Å². The number of hydrogen-bond donors (Lipinski definition) is 1. The van der Waals surface area contributed by atoms with Gasteiger partial charge in [-0.05, 0) is 18.6 Å². The van der Waals surface area contributed by atoms with Crippen LogP contribution in [-0.2, 0) is 20.8 Å². The molecule has 0 atom stereocenters. The molecule has 142 valence electrons. The molecule has 26 heavy (non-hydrogen) atoms. The van der Waals surface area contributed by atoms with Crippen LogP contribution in [0, 0.1) is 11.6 Å². The lowest BCUT2D eigenvalue weighted by atomic mass is 10.1. The highest BCUT2D eigenvalue weighted by atomic mass is 19.1. The predicted molar refractivity (Wildman–Crippen MR) is 91.1 cm³/mol. The van der Waals surface area contributed by atoms with Crippen molar-refractivity contribution < 1.29 is 23.2 Å². The van der Waals surface area contributed by atoms with Gasteiger partial charge in [0, 0.05) is 58.1 Å². The van der Waals surface area contributed by atoms with E-state index in [1.54, 1.807) is 9.80 Å². The lowest BCUT2D eigenvalue weighted by molar-refractivity contribution is -0.138. The summed E-state index contributed by atoms with van der Waals surface area (Å²) >= 11 is 0. The average molecular weight is 367 g/mol. The van der Waals surface area contributed by atoms with Crippen molar-refractivity contribution in [1.82, 2.24) is 15.1 Å². The van der Waals surface area contributed by atoms with E-state index in [0.29, 0.717) is 26.2 Å². The first kappa shape index (κ1) is 19.8. The summed E-state index contributed by atoms with van der Waals surface area (Å²) < 4.78 is 27.0. The summed E-state index contributed by atoms with van der Waals surface area (Å²) in [5, 5.41) is 2.59.